The van der Waals surface area contributed by atoms with Gasteiger partial charge in [-0.15, -0.1) is 0 Å². The molecule has 0 fully saturated rings. The van der Waals surface area contributed by atoms with Gasteiger partial charge in [0.1, 0.15) is 0 Å². The second-order valence-electron chi connectivity index (χ2n) is 5.35. The van der Waals surface area contributed by atoms with Gasteiger partial charge in [-0.05, 0) is 30.5 Å². The van der Waals surface area contributed by atoms with E-state index >= 15 is 0 Å². The van der Waals surface area contributed by atoms with Crippen molar-refractivity contribution < 1.29 is 0 Å². The molecule has 0 heterocycles. The number of benzene rings is 1. The first-order chi connectivity index (χ1) is 7.53. The fourth-order valence-corrected chi connectivity index (χ4v) is 3.59. The molecule has 0 unspecified atom stereocenters. The van der Waals surface area contributed by atoms with E-state index in [1.165, 1.54) is 41.4 Å². The van der Waals surface area contributed by atoms with Crippen molar-refractivity contribution in [1.29, 1.82) is 0 Å². The molecule has 0 aromatic heterocycles. The van der Waals surface area contributed by atoms with Crippen LogP contribution in [0.3, 0.4) is 0 Å². The summed E-state index contributed by atoms with van der Waals surface area (Å²) in [5, 5.41) is 0. The molecular formula is C14H23BrSi. The minimum Gasteiger partial charge on any atom is -0.0694 e. The van der Waals surface area contributed by atoms with Gasteiger partial charge in [0.05, 0.1) is 0 Å². The van der Waals surface area contributed by atoms with Crippen LogP contribution in [0.1, 0.15) is 25.3 Å². The van der Waals surface area contributed by atoms with E-state index in [1.807, 2.05) is 0 Å². The van der Waals surface area contributed by atoms with Gasteiger partial charge < -0.3 is 0 Å². The van der Waals surface area contributed by atoms with Gasteiger partial charge in [0, 0.05) is 12.5 Å². The monoisotopic (exact) mass is 298 g/mol. The van der Waals surface area contributed by atoms with Crippen LogP contribution in [-0.2, 0) is 6.42 Å². The van der Waals surface area contributed by atoms with Gasteiger partial charge in [0.2, 0.25) is 0 Å². The predicted molar refractivity (Wildman–Crippen MR) is 79.9 cm³/mol. The Hall–Kier alpha value is -0.0831. The maximum Gasteiger partial charge on any atom is 0.0471 e. The highest BCUT2D eigenvalue weighted by molar-refractivity contribution is 9.10. The summed E-state index contributed by atoms with van der Waals surface area (Å²) in [4.78, 5) is 0. The molecule has 0 N–H and O–H groups in total. The Morgan fingerprint density at radius 1 is 1.06 bits per heavy atom. The second kappa shape index (κ2) is 6.60. The van der Waals surface area contributed by atoms with Crippen molar-refractivity contribution in [1.82, 2.24) is 0 Å². The van der Waals surface area contributed by atoms with Crippen molar-refractivity contribution in [2.24, 2.45) is 0 Å². The number of rotatable bonds is 6. The average Bonchev–Trinajstić information content (AvgIpc) is 2.27. The van der Waals surface area contributed by atoms with Crippen LogP contribution in [0.4, 0.5) is 0 Å². The topological polar surface area (TPSA) is 0 Å². The molecule has 0 spiro atoms. The number of aryl methyl sites for hydroxylation is 1. The summed E-state index contributed by atoms with van der Waals surface area (Å²) in [6.45, 7) is 7.36. The Balaban J connectivity index is 2.23. The zero-order valence-corrected chi connectivity index (χ0v) is 13.3. The molecule has 16 heavy (non-hydrogen) atoms. The smallest absolute Gasteiger partial charge is 0.0471 e. The Morgan fingerprint density at radius 3 is 2.25 bits per heavy atom. The lowest BCUT2D eigenvalue weighted by Gasteiger charge is -2.19. The molecule has 0 saturated heterocycles. The van der Waals surface area contributed by atoms with Gasteiger partial charge >= 0.3 is 0 Å². The Bertz CT molecular complexity index is 303. The fraction of sp³-hybridized carbons (Fsp3) is 0.571. The van der Waals surface area contributed by atoms with Gasteiger partial charge in [-0.25, -0.2) is 0 Å². The van der Waals surface area contributed by atoms with E-state index in [9.17, 15) is 0 Å². The Labute approximate surface area is 110 Å². The number of hydrogen-bond donors (Lipinski definition) is 0. The van der Waals surface area contributed by atoms with Gasteiger partial charge in [0.25, 0.3) is 0 Å². The van der Waals surface area contributed by atoms with E-state index in [4.69, 9.17) is 0 Å². The molecule has 0 bridgehead atoms. The zero-order chi connectivity index (χ0) is 12.0. The zero-order valence-electron chi connectivity index (χ0n) is 10.7. The SMILES string of the molecule is CC[Si](C)(C)CCCCc1ccc(Br)cc1. The predicted octanol–water partition coefficient (Wildman–Crippen LogP) is 5.50. The summed E-state index contributed by atoms with van der Waals surface area (Å²) in [5.74, 6) is 0. The van der Waals surface area contributed by atoms with Gasteiger partial charge in [0.15, 0.2) is 0 Å². The third-order valence-electron chi connectivity index (χ3n) is 3.44. The van der Waals surface area contributed by atoms with Crippen molar-refractivity contribution in [2.75, 3.05) is 0 Å². The van der Waals surface area contributed by atoms with Crippen LogP contribution < -0.4 is 0 Å². The average molecular weight is 299 g/mol. The lowest BCUT2D eigenvalue weighted by atomic mass is 10.1. The standard InChI is InChI=1S/C14H23BrSi/c1-4-16(2,3)12-6-5-7-13-8-10-14(15)11-9-13/h8-11H,4-7,12H2,1-3H3. The highest BCUT2D eigenvalue weighted by atomic mass is 79.9. The molecule has 0 atom stereocenters. The van der Waals surface area contributed by atoms with Gasteiger partial charge in [-0.3, -0.25) is 0 Å². The normalized spacial score (nSPS) is 11.8. The van der Waals surface area contributed by atoms with Gasteiger partial charge in [-0.2, -0.15) is 0 Å². The third-order valence-corrected chi connectivity index (χ3v) is 7.59. The molecule has 0 aliphatic rings. The van der Waals surface area contributed by atoms with Crippen LogP contribution in [0, 0.1) is 0 Å². The van der Waals surface area contributed by atoms with Gasteiger partial charge in [-0.1, -0.05) is 66.6 Å². The third kappa shape index (κ3) is 5.31. The molecule has 0 aliphatic carbocycles. The van der Waals surface area contributed by atoms with Crippen molar-refractivity contribution >= 4 is 24.0 Å². The first kappa shape index (κ1) is 14.0. The minimum absolute atomic E-state index is 0.832. The quantitative estimate of drug-likeness (QED) is 0.480. The molecular weight excluding hydrogens is 276 g/mol. The van der Waals surface area contributed by atoms with Crippen molar-refractivity contribution in [3.63, 3.8) is 0 Å². The van der Waals surface area contributed by atoms with E-state index in [2.05, 4.69) is 60.2 Å². The maximum atomic E-state index is 3.47. The van der Waals surface area contributed by atoms with Crippen LogP contribution in [0.2, 0.25) is 25.2 Å². The summed E-state index contributed by atoms with van der Waals surface area (Å²) in [6, 6.07) is 11.6. The number of halogens is 1. The largest absolute Gasteiger partial charge is 0.0694 e. The maximum absolute atomic E-state index is 3.47. The van der Waals surface area contributed by atoms with Crippen molar-refractivity contribution in [3.8, 4) is 0 Å². The van der Waals surface area contributed by atoms with Crippen LogP contribution >= 0.6 is 15.9 Å². The fourth-order valence-electron chi connectivity index (χ4n) is 1.76. The molecule has 0 nitrogen and oxygen atoms in total. The molecule has 0 radical (unpaired) electrons. The Kier molecular flexibility index (Phi) is 5.77. The lowest BCUT2D eigenvalue weighted by molar-refractivity contribution is 0.782. The van der Waals surface area contributed by atoms with E-state index in [-0.39, 0.29) is 0 Å². The number of hydrogen-bond acceptors (Lipinski definition) is 0. The molecule has 0 saturated carbocycles. The summed E-state index contributed by atoms with van der Waals surface area (Å²) in [5.41, 5.74) is 1.47. The molecule has 2 heteroatoms. The second-order valence-corrected chi connectivity index (χ2v) is 11.8. The van der Waals surface area contributed by atoms with Crippen LogP contribution in [0.15, 0.2) is 28.7 Å². The summed E-state index contributed by atoms with van der Waals surface area (Å²) in [7, 11) is -0.832. The molecule has 1 rings (SSSR count). The molecule has 1 aromatic rings. The summed E-state index contributed by atoms with van der Waals surface area (Å²) >= 11 is 3.47. The summed E-state index contributed by atoms with van der Waals surface area (Å²) < 4.78 is 1.18. The first-order valence-corrected chi connectivity index (χ1v) is 10.5. The van der Waals surface area contributed by atoms with E-state index in [0.29, 0.717) is 0 Å². The minimum atomic E-state index is -0.832. The highest BCUT2D eigenvalue weighted by Crippen LogP contribution is 2.19. The Morgan fingerprint density at radius 2 is 1.69 bits per heavy atom. The lowest BCUT2D eigenvalue weighted by Crippen LogP contribution is -2.22. The molecule has 0 amide bonds. The molecule has 0 aliphatic heterocycles. The highest BCUT2D eigenvalue weighted by Gasteiger charge is 2.16. The van der Waals surface area contributed by atoms with E-state index in [0.717, 1.165) is 0 Å². The van der Waals surface area contributed by atoms with Crippen LogP contribution in [-0.4, -0.2) is 8.07 Å². The number of unbranched alkanes of at least 4 members (excludes halogenated alkanes) is 1. The first-order valence-electron chi connectivity index (χ1n) is 6.28. The van der Waals surface area contributed by atoms with Crippen molar-refractivity contribution in [2.45, 2.75) is 51.4 Å². The summed E-state index contributed by atoms with van der Waals surface area (Å²) in [6.07, 6.45) is 3.99. The van der Waals surface area contributed by atoms with Crippen molar-refractivity contribution in [3.05, 3.63) is 34.3 Å². The molecule has 90 valence electrons. The van der Waals surface area contributed by atoms with Crippen LogP contribution in [0.5, 0.6) is 0 Å². The van der Waals surface area contributed by atoms with Crippen LogP contribution in [0.25, 0.3) is 0 Å². The van der Waals surface area contributed by atoms with E-state index in [1.54, 1.807) is 0 Å². The van der Waals surface area contributed by atoms with E-state index < -0.39 is 8.07 Å². The molecule has 1 aromatic carbocycles.